The molecule has 1 aromatic carbocycles. The number of nitrogens with two attached hydrogens (primary N) is 2. The van der Waals surface area contributed by atoms with Crippen LogP contribution in [0.3, 0.4) is 0 Å². The van der Waals surface area contributed by atoms with Gasteiger partial charge in [-0.25, -0.2) is 24.3 Å². The zero-order chi connectivity index (χ0) is 35.6. The number of carboxylic acid groups (broad SMARTS) is 1. The molecule has 5 rings (SSSR count). The highest BCUT2D eigenvalue weighted by Crippen LogP contribution is 2.57. The lowest BCUT2D eigenvalue weighted by molar-refractivity contribution is -0.192. The van der Waals surface area contributed by atoms with Crippen molar-refractivity contribution in [1.82, 2.24) is 19.5 Å². The van der Waals surface area contributed by atoms with E-state index in [0.717, 1.165) is 0 Å². The molecule has 3 aromatic rings. The monoisotopic (exact) mass is 724 g/mol. The number of alkyl halides is 3. The standard InChI is InChI=1S/C25H32ClN6O8P.C2HF3O2/c1-13(2)18(27)23(33)39-20-17(10-37-41(35)36-8-7-16(40-41)14-5-4-6-15(26)9-14)38-24(25(20,3)34)32-12-31-19-21(28)29-11-30-22(19)32;3-2(4,5)1(6)7/h4-6,9,11-13,16-18,20,24,34H,7-8,10,27H2,1-3H3,(H2,28,29,30);(H,6,7)/t16-,17+,18-,20+,24+,25+,41+;/m0./s1. The molecule has 4 heterocycles. The molecule has 0 aliphatic carbocycles. The van der Waals surface area contributed by atoms with Gasteiger partial charge < -0.3 is 31.2 Å². The van der Waals surface area contributed by atoms with E-state index in [0.29, 0.717) is 22.5 Å². The molecule has 0 bridgehead atoms. The number of aromatic nitrogens is 4. The van der Waals surface area contributed by atoms with Gasteiger partial charge in [-0.3, -0.25) is 22.9 Å². The minimum atomic E-state index is -5.08. The summed E-state index contributed by atoms with van der Waals surface area (Å²) in [5.41, 5.74) is 11.4. The summed E-state index contributed by atoms with van der Waals surface area (Å²) in [6, 6.07) is 6.03. The van der Waals surface area contributed by atoms with Crippen LogP contribution in [0, 0.1) is 5.92 Å². The molecule has 2 saturated heterocycles. The predicted molar refractivity (Wildman–Crippen MR) is 160 cm³/mol. The van der Waals surface area contributed by atoms with Crippen molar-refractivity contribution in [2.45, 2.75) is 69.6 Å². The molecule has 48 heavy (non-hydrogen) atoms. The van der Waals surface area contributed by atoms with Crippen LogP contribution in [0.5, 0.6) is 0 Å². The first-order valence-corrected chi connectivity index (χ1v) is 16.1. The van der Waals surface area contributed by atoms with Crippen molar-refractivity contribution in [3.05, 3.63) is 47.5 Å². The zero-order valence-electron chi connectivity index (χ0n) is 25.6. The highest BCUT2D eigenvalue weighted by molar-refractivity contribution is 7.48. The maximum absolute atomic E-state index is 13.5. The number of hydrogen-bond donors (Lipinski definition) is 4. The van der Waals surface area contributed by atoms with Gasteiger partial charge in [-0.1, -0.05) is 37.6 Å². The number of nitrogen functional groups attached to an aromatic ring is 1. The molecule has 7 atom stereocenters. The number of carbonyl (C=O) groups is 2. The molecule has 2 aromatic heterocycles. The zero-order valence-corrected chi connectivity index (χ0v) is 27.3. The van der Waals surface area contributed by atoms with Gasteiger partial charge in [0.2, 0.25) is 0 Å². The molecule has 264 valence electrons. The number of aliphatic hydroxyl groups is 1. The van der Waals surface area contributed by atoms with E-state index in [-0.39, 0.29) is 24.0 Å². The van der Waals surface area contributed by atoms with Crippen LogP contribution in [0.4, 0.5) is 19.0 Å². The molecule has 0 spiro atoms. The SMILES string of the molecule is CC(C)[C@H](N)C(=O)O[C@@H]1[C@@H](CO[P@@]2(=O)OCC[C@@H](c3cccc(Cl)c3)O2)O[C@@H](n2cnc3c(N)ncnc32)[C@]1(C)O.O=C(O)C(F)(F)F. The number of benzene rings is 1. The lowest BCUT2D eigenvalue weighted by atomic mass is 9.95. The normalized spacial score (nSPS) is 28.1. The van der Waals surface area contributed by atoms with Crippen LogP contribution in [0.15, 0.2) is 36.9 Å². The van der Waals surface area contributed by atoms with E-state index >= 15 is 0 Å². The van der Waals surface area contributed by atoms with Crippen molar-refractivity contribution in [3.8, 4) is 0 Å². The summed E-state index contributed by atoms with van der Waals surface area (Å²) in [6.07, 6.45) is -6.22. The number of hydrogen-bond acceptors (Lipinski definition) is 14. The molecule has 0 unspecified atom stereocenters. The van der Waals surface area contributed by atoms with E-state index < -0.39 is 68.7 Å². The molecule has 2 aliphatic heterocycles. The Hall–Kier alpha value is -3.42. The highest BCUT2D eigenvalue weighted by Gasteiger charge is 2.57. The number of phosphoric ester groups is 1. The number of rotatable bonds is 8. The summed E-state index contributed by atoms with van der Waals surface area (Å²) in [5.74, 6) is -3.61. The Morgan fingerprint density at radius 2 is 1.96 bits per heavy atom. The first-order chi connectivity index (χ1) is 22.3. The van der Waals surface area contributed by atoms with Crippen LogP contribution < -0.4 is 11.5 Å². The summed E-state index contributed by atoms with van der Waals surface area (Å²) >= 11 is 6.11. The summed E-state index contributed by atoms with van der Waals surface area (Å²) in [5, 5.41) is 19.3. The third-order valence-electron chi connectivity index (χ3n) is 7.34. The fourth-order valence-corrected chi connectivity index (χ4v) is 6.35. The van der Waals surface area contributed by atoms with Crippen LogP contribution in [0.1, 0.15) is 45.1 Å². The lowest BCUT2D eigenvalue weighted by Gasteiger charge is -2.32. The van der Waals surface area contributed by atoms with Crippen molar-refractivity contribution < 1.29 is 60.6 Å². The Balaban J connectivity index is 0.000000671. The Bertz CT molecular complexity index is 1680. The van der Waals surface area contributed by atoms with Gasteiger partial charge in [-0.2, -0.15) is 13.2 Å². The molecule has 0 saturated carbocycles. The van der Waals surface area contributed by atoms with Gasteiger partial charge in [0.05, 0.1) is 25.6 Å². The Morgan fingerprint density at radius 3 is 2.58 bits per heavy atom. The van der Waals surface area contributed by atoms with Gasteiger partial charge in [-0.15, -0.1) is 0 Å². The molecule has 21 heteroatoms. The number of aliphatic carboxylic acids is 1. The van der Waals surface area contributed by atoms with E-state index in [2.05, 4.69) is 15.0 Å². The number of phosphoric acid groups is 1. The number of anilines is 1. The number of halogens is 4. The summed E-state index contributed by atoms with van der Waals surface area (Å²) in [4.78, 5) is 34.2. The number of fused-ring (bicyclic) bond motifs is 1. The molecule has 2 aliphatic rings. The lowest BCUT2D eigenvalue weighted by Crippen LogP contribution is -2.50. The van der Waals surface area contributed by atoms with Crippen molar-refractivity contribution in [2.24, 2.45) is 11.7 Å². The van der Waals surface area contributed by atoms with E-state index in [1.807, 2.05) is 0 Å². The molecule has 0 radical (unpaired) electrons. The molecule has 0 amide bonds. The van der Waals surface area contributed by atoms with E-state index in [1.54, 1.807) is 38.1 Å². The van der Waals surface area contributed by atoms with Crippen molar-refractivity contribution in [1.29, 1.82) is 0 Å². The van der Waals surface area contributed by atoms with E-state index in [1.165, 1.54) is 24.1 Å². The van der Waals surface area contributed by atoms with E-state index in [4.69, 9.17) is 56.0 Å². The first-order valence-electron chi connectivity index (χ1n) is 14.2. The fourth-order valence-electron chi connectivity index (χ4n) is 4.76. The van der Waals surface area contributed by atoms with Gasteiger partial charge in [0.15, 0.2) is 23.8 Å². The van der Waals surface area contributed by atoms with Crippen LogP contribution in [0.25, 0.3) is 11.2 Å². The Kier molecular flexibility index (Phi) is 11.4. The smallest absolute Gasteiger partial charge is 0.475 e. The van der Waals surface area contributed by atoms with Crippen molar-refractivity contribution in [2.75, 3.05) is 18.9 Å². The molecule has 16 nitrogen and oxygen atoms in total. The number of imidazole rings is 1. The minimum Gasteiger partial charge on any atom is -0.475 e. The van der Waals surface area contributed by atoms with Gasteiger partial charge >= 0.3 is 25.9 Å². The second-order valence-electron chi connectivity index (χ2n) is 11.3. The van der Waals surface area contributed by atoms with Gasteiger partial charge in [0.25, 0.3) is 0 Å². The van der Waals surface area contributed by atoms with Gasteiger partial charge in [-0.05, 0) is 30.5 Å². The van der Waals surface area contributed by atoms with Gasteiger partial charge in [0.1, 0.15) is 29.6 Å². The molecular weight excluding hydrogens is 692 g/mol. The number of carbonyl (C=O) groups excluding carboxylic acids is 1. The molecule has 6 N–H and O–H groups in total. The Morgan fingerprint density at radius 1 is 1.27 bits per heavy atom. The minimum absolute atomic E-state index is 0.101. The van der Waals surface area contributed by atoms with Crippen molar-refractivity contribution >= 4 is 48.3 Å². The summed E-state index contributed by atoms with van der Waals surface area (Å²) in [7, 11) is -4.09. The van der Waals surface area contributed by atoms with Crippen LogP contribution in [0.2, 0.25) is 5.02 Å². The first kappa shape index (κ1) is 37.4. The topological polar surface area (TPSA) is 233 Å². The average molecular weight is 725 g/mol. The van der Waals surface area contributed by atoms with Crippen LogP contribution in [-0.4, -0.2) is 84.9 Å². The van der Waals surface area contributed by atoms with Crippen LogP contribution in [-0.2, 0) is 37.2 Å². The van der Waals surface area contributed by atoms with Gasteiger partial charge in [0, 0.05) is 11.4 Å². The fraction of sp³-hybridized carbons (Fsp3) is 0.519. The second-order valence-corrected chi connectivity index (χ2v) is 13.3. The van der Waals surface area contributed by atoms with Crippen LogP contribution >= 0.6 is 19.4 Å². The quantitative estimate of drug-likeness (QED) is 0.192. The number of ether oxygens (including phenoxy) is 2. The van der Waals surface area contributed by atoms with Crippen molar-refractivity contribution in [3.63, 3.8) is 0 Å². The number of esters is 1. The summed E-state index contributed by atoms with van der Waals surface area (Å²) < 4.78 is 75.3. The summed E-state index contributed by atoms with van der Waals surface area (Å²) in [6.45, 7) is 4.63. The van der Waals surface area contributed by atoms with E-state index in [9.17, 15) is 27.6 Å². The largest absolute Gasteiger partial charge is 0.490 e. The predicted octanol–water partition coefficient (Wildman–Crippen LogP) is 3.54. The Labute approximate surface area is 276 Å². The molecule has 2 fully saturated rings. The second kappa shape index (κ2) is 14.6. The number of carboxylic acids is 1. The maximum atomic E-state index is 13.5. The maximum Gasteiger partial charge on any atom is 0.490 e. The number of nitrogens with zero attached hydrogens (tertiary/aromatic N) is 4. The molecular formula is C27H33ClF3N6O10P. The average Bonchev–Trinajstić information content (AvgIpc) is 3.54. The highest BCUT2D eigenvalue weighted by atomic mass is 35.5. The third kappa shape index (κ3) is 8.41. The third-order valence-corrected chi connectivity index (χ3v) is 9.05.